The Morgan fingerprint density at radius 1 is 1.11 bits per heavy atom. The van der Waals surface area contributed by atoms with Crippen molar-refractivity contribution in [1.82, 2.24) is 0 Å². The summed E-state index contributed by atoms with van der Waals surface area (Å²) in [6, 6.07) is 8.82. The van der Waals surface area contributed by atoms with Crippen LogP contribution >= 0.6 is 31.9 Å². The zero-order valence-electron chi connectivity index (χ0n) is 9.60. The summed E-state index contributed by atoms with van der Waals surface area (Å²) in [6.45, 7) is 1.99. The number of nitrogens with two attached hydrogens (primary N) is 1. The van der Waals surface area contributed by atoms with Crippen LogP contribution in [-0.2, 0) is 0 Å². The molecule has 0 aliphatic carbocycles. The Labute approximate surface area is 122 Å². The van der Waals surface area contributed by atoms with E-state index < -0.39 is 0 Å². The first kappa shape index (κ1) is 13.4. The molecule has 18 heavy (non-hydrogen) atoms. The molecule has 0 saturated carbocycles. The van der Waals surface area contributed by atoms with Crippen LogP contribution in [0.5, 0.6) is 0 Å². The summed E-state index contributed by atoms with van der Waals surface area (Å²) in [4.78, 5) is 0. The second-order valence-electron chi connectivity index (χ2n) is 3.94. The maximum absolute atomic E-state index is 13.3. The average Bonchev–Trinajstić information content (AvgIpc) is 2.30. The van der Waals surface area contributed by atoms with Crippen molar-refractivity contribution in [1.29, 1.82) is 0 Å². The molecule has 2 nitrogen and oxygen atoms in total. The van der Waals surface area contributed by atoms with Crippen molar-refractivity contribution in [2.75, 3.05) is 11.1 Å². The molecule has 2 rings (SSSR count). The number of anilines is 3. The molecule has 0 radical (unpaired) electrons. The van der Waals surface area contributed by atoms with Gasteiger partial charge in [0.25, 0.3) is 0 Å². The highest BCUT2D eigenvalue weighted by molar-refractivity contribution is 9.10. The van der Waals surface area contributed by atoms with E-state index in [9.17, 15) is 4.39 Å². The quantitative estimate of drug-likeness (QED) is 0.728. The second kappa shape index (κ2) is 5.28. The maximum Gasteiger partial charge on any atom is 0.139 e. The predicted molar refractivity (Wildman–Crippen MR) is 80.7 cm³/mol. The third kappa shape index (κ3) is 2.84. The monoisotopic (exact) mass is 372 g/mol. The van der Waals surface area contributed by atoms with E-state index in [1.807, 2.05) is 25.1 Å². The van der Waals surface area contributed by atoms with Crippen LogP contribution in [0, 0.1) is 12.7 Å². The van der Waals surface area contributed by atoms with Gasteiger partial charge in [-0.05, 0) is 46.6 Å². The molecule has 0 spiro atoms. The average molecular weight is 374 g/mol. The van der Waals surface area contributed by atoms with Crippen LogP contribution in [0.1, 0.15) is 5.56 Å². The highest BCUT2D eigenvalue weighted by atomic mass is 79.9. The largest absolute Gasteiger partial charge is 0.397 e. The molecule has 2 aromatic rings. The van der Waals surface area contributed by atoms with Crippen LogP contribution < -0.4 is 11.1 Å². The lowest BCUT2D eigenvalue weighted by Crippen LogP contribution is -1.99. The van der Waals surface area contributed by atoms with Gasteiger partial charge in [-0.3, -0.25) is 0 Å². The SMILES string of the molecule is Cc1ccc(Br)cc1Nc1cc(Br)c(F)cc1N. The lowest BCUT2D eigenvalue weighted by Gasteiger charge is -2.13. The molecule has 5 heteroatoms. The van der Waals surface area contributed by atoms with Gasteiger partial charge in [0, 0.05) is 16.2 Å². The normalized spacial score (nSPS) is 10.4. The third-order valence-corrected chi connectivity index (χ3v) is 3.66. The molecule has 0 fully saturated rings. The summed E-state index contributed by atoms with van der Waals surface area (Å²) in [5.74, 6) is -0.371. The fourth-order valence-corrected chi connectivity index (χ4v) is 2.25. The van der Waals surface area contributed by atoms with Crippen molar-refractivity contribution in [2.24, 2.45) is 0 Å². The minimum Gasteiger partial charge on any atom is -0.397 e. The predicted octanol–water partition coefficient (Wildman–Crippen LogP) is 4.98. The molecule has 0 heterocycles. The Morgan fingerprint density at radius 2 is 1.83 bits per heavy atom. The molecular weight excluding hydrogens is 363 g/mol. The van der Waals surface area contributed by atoms with Gasteiger partial charge in [-0.15, -0.1) is 0 Å². The van der Waals surface area contributed by atoms with E-state index in [0.29, 0.717) is 15.8 Å². The van der Waals surface area contributed by atoms with E-state index in [-0.39, 0.29) is 5.82 Å². The summed E-state index contributed by atoms with van der Waals surface area (Å²) in [5, 5.41) is 3.20. The Hall–Kier alpha value is -1.07. The topological polar surface area (TPSA) is 38.0 Å². The number of nitrogens with one attached hydrogen (secondary N) is 1. The Morgan fingerprint density at radius 3 is 2.56 bits per heavy atom. The highest BCUT2D eigenvalue weighted by Gasteiger charge is 2.07. The molecule has 0 aliphatic rings. The number of nitrogen functional groups attached to an aromatic ring is 1. The van der Waals surface area contributed by atoms with E-state index in [4.69, 9.17) is 5.73 Å². The lowest BCUT2D eigenvalue weighted by atomic mass is 10.2. The first-order chi connectivity index (χ1) is 8.47. The second-order valence-corrected chi connectivity index (χ2v) is 5.71. The molecular formula is C13H11Br2FN2. The third-order valence-electron chi connectivity index (χ3n) is 2.56. The smallest absolute Gasteiger partial charge is 0.139 e. The van der Waals surface area contributed by atoms with Crippen molar-refractivity contribution >= 4 is 48.9 Å². The number of halogens is 3. The standard InChI is InChI=1S/C13H11Br2FN2/c1-7-2-3-8(14)4-12(7)18-13-5-9(15)10(16)6-11(13)17/h2-6,18H,17H2,1H3. The van der Waals surface area contributed by atoms with Crippen molar-refractivity contribution < 1.29 is 4.39 Å². The molecule has 2 aromatic carbocycles. The summed E-state index contributed by atoms with van der Waals surface area (Å²) in [6.07, 6.45) is 0. The molecule has 0 unspecified atom stereocenters. The Balaban J connectivity index is 2.40. The van der Waals surface area contributed by atoms with Crippen LogP contribution in [0.15, 0.2) is 39.3 Å². The van der Waals surface area contributed by atoms with Gasteiger partial charge in [-0.25, -0.2) is 4.39 Å². The Bertz CT molecular complexity index is 600. The van der Waals surface area contributed by atoms with Crippen molar-refractivity contribution in [2.45, 2.75) is 6.92 Å². The highest BCUT2D eigenvalue weighted by Crippen LogP contribution is 2.31. The van der Waals surface area contributed by atoms with Crippen LogP contribution in [0.25, 0.3) is 0 Å². The summed E-state index contributed by atoms with van der Waals surface area (Å²) in [5.41, 5.74) is 8.84. The molecule has 0 aliphatic heterocycles. The fourth-order valence-electron chi connectivity index (χ4n) is 1.54. The molecule has 0 atom stereocenters. The van der Waals surface area contributed by atoms with E-state index in [1.54, 1.807) is 6.07 Å². The van der Waals surface area contributed by atoms with Crippen molar-refractivity contribution in [3.8, 4) is 0 Å². The van der Waals surface area contributed by atoms with Gasteiger partial charge in [0.15, 0.2) is 0 Å². The van der Waals surface area contributed by atoms with Crippen LogP contribution in [0.4, 0.5) is 21.5 Å². The van der Waals surface area contributed by atoms with Crippen molar-refractivity contribution in [3.05, 3.63) is 50.7 Å². The van der Waals surface area contributed by atoms with Gasteiger partial charge in [-0.2, -0.15) is 0 Å². The number of hydrogen-bond donors (Lipinski definition) is 2. The lowest BCUT2D eigenvalue weighted by molar-refractivity contribution is 0.622. The molecule has 0 saturated heterocycles. The number of rotatable bonds is 2. The van der Waals surface area contributed by atoms with Gasteiger partial charge >= 0.3 is 0 Å². The van der Waals surface area contributed by atoms with Gasteiger partial charge in [0.1, 0.15) is 5.82 Å². The van der Waals surface area contributed by atoms with Crippen LogP contribution in [0.2, 0.25) is 0 Å². The van der Waals surface area contributed by atoms with Gasteiger partial charge in [0.2, 0.25) is 0 Å². The number of aryl methyl sites for hydroxylation is 1. The molecule has 0 aromatic heterocycles. The van der Waals surface area contributed by atoms with Gasteiger partial charge in [-0.1, -0.05) is 22.0 Å². The zero-order valence-corrected chi connectivity index (χ0v) is 12.8. The first-order valence-corrected chi connectivity index (χ1v) is 6.83. The molecule has 3 N–H and O–H groups in total. The van der Waals surface area contributed by atoms with Crippen LogP contribution in [0.3, 0.4) is 0 Å². The summed E-state index contributed by atoms with van der Waals surface area (Å²) >= 11 is 6.56. The van der Waals surface area contributed by atoms with E-state index >= 15 is 0 Å². The first-order valence-electron chi connectivity index (χ1n) is 5.25. The molecule has 94 valence electrons. The minimum atomic E-state index is -0.371. The maximum atomic E-state index is 13.3. The molecule has 0 bridgehead atoms. The Kier molecular flexibility index (Phi) is 3.92. The van der Waals surface area contributed by atoms with E-state index in [0.717, 1.165) is 15.7 Å². The molecule has 0 amide bonds. The number of hydrogen-bond acceptors (Lipinski definition) is 2. The van der Waals surface area contributed by atoms with Crippen LogP contribution in [-0.4, -0.2) is 0 Å². The minimum absolute atomic E-state index is 0.370. The van der Waals surface area contributed by atoms with Gasteiger partial charge in [0.05, 0.1) is 15.8 Å². The summed E-state index contributed by atoms with van der Waals surface area (Å²) < 4.78 is 14.6. The van der Waals surface area contributed by atoms with Gasteiger partial charge < -0.3 is 11.1 Å². The van der Waals surface area contributed by atoms with E-state index in [2.05, 4.69) is 37.2 Å². The summed E-state index contributed by atoms with van der Waals surface area (Å²) in [7, 11) is 0. The number of benzene rings is 2. The van der Waals surface area contributed by atoms with Crippen molar-refractivity contribution in [3.63, 3.8) is 0 Å². The zero-order chi connectivity index (χ0) is 13.3. The van der Waals surface area contributed by atoms with E-state index in [1.165, 1.54) is 6.07 Å². The fraction of sp³-hybridized carbons (Fsp3) is 0.0769.